The van der Waals surface area contributed by atoms with E-state index in [0.29, 0.717) is 0 Å². The lowest BCUT2D eigenvalue weighted by Crippen LogP contribution is -2.12. The summed E-state index contributed by atoms with van der Waals surface area (Å²) in [5.74, 6) is -0.442. The summed E-state index contributed by atoms with van der Waals surface area (Å²) in [6, 6.07) is 0. The van der Waals surface area contributed by atoms with Gasteiger partial charge in [-0.2, -0.15) is 0 Å². The lowest BCUT2D eigenvalue weighted by Gasteiger charge is -2.02. The summed E-state index contributed by atoms with van der Waals surface area (Å²) in [7, 11) is 0. The van der Waals surface area contributed by atoms with Gasteiger partial charge in [0, 0.05) is 18.0 Å². The van der Waals surface area contributed by atoms with Crippen molar-refractivity contribution in [1.82, 2.24) is 5.32 Å². The Morgan fingerprint density at radius 2 is 2.40 bits per heavy atom. The minimum atomic E-state index is -0.442. The number of dihydropyridines is 1. The summed E-state index contributed by atoms with van der Waals surface area (Å²) in [5.41, 5.74) is 5.63. The standard InChI is InChI=1S/C7H8N2O/c8-7(10)5-6-3-1-2-4-9-6/h1-5,9H,(H2,8,10)/b6-5+. The van der Waals surface area contributed by atoms with E-state index >= 15 is 0 Å². The molecule has 0 radical (unpaired) electrons. The fourth-order valence-corrected chi connectivity index (χ4v) is 0.650. The zero-order valence-corrected chi connectivity index (χ0v) is 5.37. The summed E-state index contributed by atoms with van der Waals surface area (Å²) in [6.45, 7) is 0. The number of nitrogens with one attached hydrogen (secondary N) is 1. The molecule has 0 aromatic carbocycles. The van der Waals surface area contributed by atoms with Gasteiger partial charge < -0.3 is 11.1 Å². The van der Waals surface area contributed by atoms with Gasteiger partial charge in [-0.25, -0.2) is 0 Å². The Bertz CT molecular complexity index is 226. The molecule has 0 fully saturated rings. The first kappa shape index (κ1) is 6.61. The van der Waals surface area contributed by atoms with Crippen LogP contribution in [0.5, 0.6) is 0 Å². The van der Waals surface area contributed by atoms with Crippen LogP contribution in [-0.2, 0) is 4.79 Å². The van der Waals surface area contributed by atoms with Gasteiger partial charge in [0.1, 0.15) is 0 Å². The summed E-state index contributed by atoms with van der Waals surface area (Å²) in [5, 5.41) is 2.84. The van der Waals surface area contributed by atoms with Gasteiger partial charge in [-0.3, -0.25) is 4.79 Å². The van der Waals surface area contributed by atoms with Crippen LogP contribution in [-0.4, -0.2) is 5.91 Å². The fourth-order valence-electron chi connectivity index (χ4n) is 0.650. The van der Waals surface area contributed by atoms with Crippen LogP contribution in [0.3, 0.4) is 0 Å². The SMILES string of the molecule is NC(=O)/C=C1\C=CC=CN1. The van der Waals surface area contributed by atoms with Crippen LogP contribution in [0.4, 0.5) is 0 Å². The monoisotopic (exact) mass is 136 g/mol. The van der Waals surface area contributed by atoms with Gasteiger partial charge in [0.05, 0.1) is 0 Å². The molecule has 1 rings (SSSR count). The van der Waals surface area contributed by atoms with Crippen LogP contribution in [0, 0.1) is 0 Å². The van der Waals surface area contributed by atoms with Crippen LogP contribution in [0.25, 0.3) is 0 Å². The maximum atomic E-state index is 10.3. The predicted molar refractivity (Wildman–Crippen MR) is 38.7 cm³/mol. The summed E-state index contributed by atoms with van der Waals surface area (Å²) in [4.78, 5) is 10.3. The molecular weight excluding hydrogens is 128 g/mol. The zero-order chi connectivity index (χ0) is 7.40. The molecule has 3 nitrogen and oxygen atoms in total. The molecule has 52 valence electrons. The molecule has 1 aliphatic rings. The van der Waals surface area contributed by atoms with Crippen molar-refractivity contribution in [3.63, 3.8) is 0 Å². The Balaban J connectivity index is 2.67. The van der Waals surface area contributed by atoms with Gasteiger partial charge in [0.2, 0.25) is 5.91 Å². The number of allylic oxidation sites excluding steroid dienone is 3. The number of hydrogen-bond acceptors (Lipinski definition) is 2. The maximum absolute atomic E-state index is 10.3. The number of carbonyl (C=O) groups is 1. The van der Waals surface area contributed by atoms with E-state index in [1.165, 1.54) is 6.08 Å². The topological polar surface area (TPSA) is 55.1 Å². The quantitative estimate of drug-likeness (QED) is 0.499. The molecule has 0 spiro atoms. The fraction of sp³-hybridized carbons (Fsp3) is 0. The van der Waals surface area contributed by atoms with Gasteiger partial charge in [-0.05, 0) is 12.2 Å². The minimum absolute atomic E-state index is 0.442. The molecule has 0 aromatic rings. The second-order valence-electron chi connectivity index (χ2n) is 1.86. The highest BCUT2D eigenvalue weighted by Crippen LogP contribution is 1.96. The molecule has 1 heterocycles. The van der Waals surface area contributed by atoms with E-state index in [2.05, 4.69) is 5.32 Å². The number of rotatable bonds is 1. The molecule has 0 aromatic heterocycles. The molecular formula is C7H8N2O. The van der Waals surface area contributed by atoms with Crippen molar-refractivity contribution < 1.29 is 4.79 Å². The highest BCUT2D eigenvalue weighted by atomic mass is 16.1. The maximum Gasteiger partial charge on any atom is 0.243 e. The number of amides is 1. The van der Waals surface area contributed by atoms with Gasteiger partial charge >= 0.3 is 0 Å². The second kappa shape index (κ2) is 2.87. The van der Waals surface area contributed by atoms with E-state index in [1.807, 2.05) is 12.2 Å². The molecule has 0 saturated carbocycles. The Morgan fingerprint density at radius 1 is 1.60 bits per heavy atom. The average molecular weight is 136 g/mol. The van der Waals surface area contributed by atoms with E-state index in [0.717, 1.165) is 5.70 Å². The predicted octanol–water partition coefficient (Wildman–Crippen LogP) is 0.0287. The highest BCUT2D eigenvalue weighted by Gasteiger charge is 1.92. The van der Waals surface area contributed by atoms with E-state index in [4.69, 9.17) is 5.73 Å². The summed E-state index contributed by atoms with van der Waals surface area (Å²) < 4.78 is 0. The molecule has 3 N–H and O–H groups in total. The normalized spacial score (nSPS) is 19.0. The molecule has 1 aliphatic heterocycles. The molecule has 0 saturated heterocycles. The largest absolute Gasteiger partial charge is 0.366 e. The third-order valence-electron chi connectivity index (χ3n) is 1.03. The van der Waals surface area contributed by atoms with Crippen molar-refractivity contribution in [1.29, 1.82) is 0 Å². The van der Waals surface area contributed by atoms with Gasteiger partial charge in [0.15, 0.2) is 0 Å². The van der Waals surface area contributed by atoms with E-state index in [-0.39, 0.29) is 0 Å². The van der Waals surface area contributed by atoms with Crippen LogP contribution in [0.15, 0.2) is 36.2 Å². The zero-order valence-electron chi connectivity index (χ0n) is 5.37. The molecule has 3 heteroatoms. The average Bonchev–Trinajstić information content (AvgIpc) is 1.88. The molecule has 1 amide bonds. The first-order chi connectivity index (χ1) is 4.79. The molecule has 10 heavy (non-hydrogen) atoms. The number of nitrogens with two attached hydrogens (primary N) is 1. The van der Waals surface area contributed by atoms with E-state index in [9.17, 15) is 4.79 Å². The van der Waals surface area contributed by atoms with Crippen molar-refractivity contribution in [2.45, 2.75) is 0 Å². The third-order valence-corrected chi connectivity index (χ3v) is 1.03. The summed E-state index contributed by atoms with van der Waals surface area (Å²) >= 11 is 0. The van der Waals surface area contributed by atoms with E-state index in [1.54, 1.807) is 12.3 Å². The summed E-state index contributed by atoms with van der Waals surface area (Å²) in [6.07, 6.45) is 8.49. The first-order valence-electron chi connectivity index (χ1n) is 2.90. The molecule has 0 aliphatic carbocycles. The smallest absolute Gasteiger partial charge is 0.243 e. The lowest BCUT2D eigenvalue weighted by molar-refractivity contribution is -0.113. The number of primary amides is 1. The number of carbonyl (C=O) groups excluding carboxylic acids is 1. The highest BCUT2D eigenvalue weighted by molar-refractivity contribution is 5.87. The van der Waals surface area contributed by atoms with Crippen molar-refractivity contribution in [3.8, 4) is 0 Å². The van der Waals surface area contributed by atoms with Crippen LogP contribution in [0.1, 0.15) is 0 Å². The Kier molecular flexibility index (Phi) is 1.89. The van der Waals surface area contributed by atoms with Crippen LogP contribution in [0.2, 0.25) is 0 Å². The molecule has 0 unspecified atom stereocenters. The van der Waals surface area contributed by atoms with Crippen LogP contribution >= 0.6 is 0 Å². The Morgan fingerprint density at radius 3 is 2.90 bits per heavy atom. The van der Waals surface area contributed by atoms with E-state index < -0.39 is 5.91 Å². The minimum Gasteiger partial charge on any atom is -0.366 e. The van der Waals surface area contributed by atoms with Crippen molar-refractivity contribution >= 4 is 5.91 Å². The van der Waals surface area contributed by atoms with Crippen molar-refractivity contribution in [2.75, 3.05) is 0 Å². The van der Waals surface area contributed by atoms with Gasteiger partial charge in [-0.1, -0.05) is 6.08 Å². The second-order valence-corrected chi connectivity index (χ2v) is 1.86. The van der Waals surface area contributed by atoms with Crippen LogP contribution < -0.4 is 11.1 Å². The van der Waals surface area contributed by atoms with Crippen molar-refractivity contribution in [3.05, 3.63) is 36.2 Å². The van der Waals surface area contributed by atoms with Gasteiger partial charge in [0.25, 0.3) is 0 Å². The lowest BCUT2D eigenvalue weighted by atomic mass is 10.3. The first-order valence-corrected chi connectivity index (χ1v) is 2.90. The third kappa shape index (κ3) is 1.78. The number of hydrogen-bond donors (Lipinski definition) is 2. The Labute approximate surface area is 58.9 Å². The molecule has 0 atom stereocenters. The van der Waals surface area contributed by atoms with Crippen molar-refractivity contribution in [2.24, 2.45) is 5.73 Å². The Hall–Kier alpha value is -1.51. The molecule has 0 bridgehead atoms. The van der Waals surface area contributed by atoms with Gasteiger partial charge in [-0.15, -0.1) is 0 Å².